The van der Waals surface area contributed by atoms with Gasteiger partial charge in [0.1, 0.15) is 5.82 Å². The topological polar surface area (TPSA) is 0 Å². The lowest BCUT2D eigenvalue weighted by Crippen LogP contribution is -1.98. The third-order valence-corrected chi connectivity index (χ3v) is 3.45. The molecule has 1 aromatic carbocycles. The van der Waals surface area contributed by atoms with Crippen LogP contribution in [0.4, 0.5) is 4.39 Å². The van der Waals surface area contributed by atoms with Crippen molar-refractivity contribution in [2.45, 2.75) is 37.5 Å². The predicted octanol–water partition coefficient (Wildman–Crippen LogP) is 4.01. The van der Waals surface area contributed by atoms with Crippen molar-refractivity contribution in [3.63, 3.8) is 0 Å². The van der Waals surface area contributed by atoms with Crippen LogP contribution in [0.2, 0.25) is 0 Å². The van der Waals surface area contributed by atoms with Crippen LogP contribution in [-0.2, 0) is 0 Å². The van der Waals surface area contributed by atoms with Gasteiger partial charge < -0.3 is 0 Å². The molecule has 2 atom stereocenters. The quantitative estimate of drug-likeness (QED) is 0.617. The maximum atomic E-state index is 13.1. The molecule has 2 unspecified atom stereocenters. The van der Waals surface area contributed by atoms with Crippen LogP contribution in [0.15, 0.2) is 18.2 Å². The molecule has 1 fully saturated rings. The fourth-order valence-electron chi connectivity index (χ4n) is 2.26. The Labute approximate surface area is 89.1 Å². The zero-order chi connectivity index (χ0) is 10.1. The smallest absolute Gasteiger partial charge is 0.123 e. The molecule has 0 aliphatic heterocycles. The fraction of sp³-hybridized carbons (Fsp3) is 0.500. The van der Waals surface area contributed by atoms with Crippen molar-refractivity contribution in [2.24, 2.45) is 0 Å². The minimum atomic E-state index is -0.136. The van der Waals surface area contributed by atoms with E-state index in [0.29, 0.717) is 5.92 Å². The maximum Gasteiger partial charge on any atom is 0.123 e. The third kappa shape index (κ3) is 1.93. The first-order valence-electron chi connectivity index (χ1n) is 5.07. The van der Waals surface area contributed by atoms with Crippen molar-refractivity contribution in [3.05, 3.63) is 35.1 Å². The molecule has 2 rings (SSSR count). The van der Waals surface area contributed by atoms with E-state index in [0.717, 1.165) is 24.8 Å². The summed E-state index contributed by atoms with van der Waals surface area (Å²) in [7, 11) is 0. The van der Waals surface area contributed by atoms with Crippen LogP contribution in [0.3, 0.4) is 0 Å². The van der Waals surface area contributed by atoms with E-state index in [1.165, 1.54) is 11.6 Å². The van der Waals surface area contributed by atoms with Gasteiger partial charge in [-0.25, -0.2) is 4.39 Å². The Morgan fingerprint density at radius 3 is 2.79 bits per heavy atom. The van der Waals surface area contributed by atoms with Crippen LogP contribution < -0.4 is 0 Å². The van der Waals surface area contributed by atoms with Gasteiger partial charge in [0.25, 0.3) is 0 Å². The van der Waals surface area contributed by atoms with E-state index in [1.807, 2.05) is 13.0 Å². The van der Waals surface area contributed by atoms with Crippen molar-refractivity contribution in [2.75, 3.05) is 0 Å². The van der Waals surface area contributed by atoms with Crippen molar-refractivity contribution in [1.82, 2.24) is 0 Å². The molecule has 1 saturated carbocycles. The van der Waals surface area contributed by atoms with Crippen molar-refractivity contribution >= 4 is 11.6 Å². The van der Waals surface area contributed by atoms with Crippen LogP contribution >= 0.6 is 11.6 Å². The van der Waals surface area contributed by atoms with Gasteiger partial charge in [-0.2, -0.15) is 0 Å². The summed E-state index contributed by atoms with van der Waals surface area (Å²) in [6, 6.07) is 5.03. The van der Waals surface area contributed by atoms with E-state index in [-0.39, 0.29) is 11.2 Å². The van der Waals surface area contributed by atoms with Crippen molar-refractivity contribution < 1.29 is 4.39 Å². The lowest BCUT2D eigenvalue weighted by Gasteiger charge is -2.12. The molecule has 0 nitrogen and oxygen atoms in total. The summed E-state index contributed by atoms with van der Waals surface area (Å²) >= 11 is 6.06. The van der Waals surface area contributed by atoms with Gasteiger partial charge in [0.2, 0.25) is 0 Å². The van der Waals surface area contributed by atoms with E-state index in [1.54, 1.807) is 6.07 Å². The van der Waals surface area contributed by atoms with E-state index >= 15 is 0 Å². The van der Waals surface area contributed by atoms with Gasteiger partial charge >= 0.3 is 0 Å². The lowest BCUT2D eigenvalue weighted by atomic mass is 9.93. The lowest BCUT2D eigenvalue weighted by molar-refractivity contribution is 0.617. The number of alkyl halides is 1. The third-order valence-electron chi connectivity index (χ3n) is 3.05. The van der Waals surface area contributed by atoms with Gasteiger partial charge in [-0.3, -0.25) is 0 Å². The van der Waals surface area contributed by atoms with Crippen LogP contribution in [-0.4, -0.2) is 5.38 Å². The van der Waals surface area contributed by atoms with Gasteiger partial charge in [0.15, 0.2) is 0 Å². The van der Waals surface area contributed by atoms with Gasteiger partial charge in [-0.05, 0) is 55.4 Å². The van der Waals surface area contributed by atoms with Crippen LogP contribution in [0.1, 0.15) is 36.3 Å². The normalized spacial score (nSPS) is 26.8. The average molecular weight is 213 g/mol. The molecule has 0 bridgehead atoms. The first kappa shape index (κ1) is 9.97. The molecule has 2 heteroatoms. The Hall–Kier alpha value is -0.560. The molecule has 0 spiro atoms. The Balaban J connectivity index is 2.27. The molecule has 76 valence electrons. The highest BCUT2D eigenvalue weighted by Gasteiger charge is 2.25. The molecule has 1 aliphatic carbocycles. The molecule has 1 aromatic rings. The van der Waals surface area contributed by atoms with Crippen molar-refractivity contribution in [1.29, 1.82) is 0 Å². The Bertz CT molecular complexity index is 335. The second-order valence-electron chi connectivity index (χ2n) is 4.11. The first-order chi connectivity index (χ1) is 6.66. The van der Waals surface area contributed by atoms with E-state index < -0.39 is 0 Å². The van der Waals surface area contributed by atoms with Gasteiger partial charge in [0.05, 0.1) is 0 Å². The summed E-state index contributed by atoms with van der Waals surface area (Å²) in [5.41, 5.74) is 2.33. The summed E-state index contributed by atoms with van der Waals surface area (Å²) < 4.78 is 13.1. The molecule has 0 saturated heterocycles. The highest BCUT2D eigenvalue weighted by molar-refractivity contribution is 6.20. The number of halogens is 2. The molecular formula is C12H14ClF. The molecule has 0 amide bonds. The molecule has 1 aliphatic rings. The largest absolute Gasteiger partial charge is 0.207 e. The second-order valence-corrected chi connectivity index (χ2v) is 4.73. The standard InChI is InChI=1S/C12H14ClF/c1-8-2-5-11(14)7-12(8)9-3-4-10(13)6-9/h2,5,7,9-10H,3-4,6H2,1H3. The maximum absolute atomic E-state index is 13.1. The van der Waals surface area contributed by atoms with Crippen molar-refractivity contribution in [3.8, 4) is 0 Å². The molecule has 0 heterocycles. The first-order valence-corrected chi connectivity index (χ1v) is 5.50. The van der Waals surface area contributed by atoms with Crippen LogP contribution in [0.25, 0.3) is 0 Å². The minimum absolute atomic E-state index is 0.136. The highest BCUT2D eigenvalue weighted by atomic mass is 35.5. The molecule has 0 radical (unpaired) electrons. The molecule has 14 heavy (non-hydrogen) atoms. The summed E-state index contributed by atoms with van der Waals surface area (Å²) in [6.45, 7) is 2.04. The highest BCUT2D eigenvalue weighted by Crippen LogP contribution is 2.38. The van der Waals surface area contributed by atoms with Gasteiger partial charge in [0, 0.05) is 5.38 Å². The molecule has 0 aromatic heterocycles. The zero-order valence-electron chi connectivity index (χ0n) is 8.26. The zero-order valence-corrected chi connectivity index (χ0v) is 9.02. The van der Waals surface area contributed by atoms with Gasteiger partial charge in [-0.1, -0.05) is 6.07 Å². The SMILES string of the molecule is Cc1ccc(F)cc1C1CCC(Cl)C1. The Kier molecular flexibility index (Phi) is 2.78. The van der Waals surface area contributed by atoms with Crippen LogP contribution in [0.5, 0.6) is 0 Å². The number of benzene rings is 1. The molecular weight excluding hydrogens is 199 g/mol. The summed E-state index contributed by atoms with van der Waals surface area (Å²) in [5.74, 6) is 0.330. The average Bonchev–Trinajstić information content (AvgIpc) is 2.56. The Morgan fingerprint density at radius 2 is 2.14 bits per heavy atom. The monoisotopic (exact) mass is 212 g/mol. The van der Waals surface area contributed by atoms with E-state index in [4.69, 9.17) is 11.6 Å². The van der Waals surface area contributed by atoms with E-state index in [2.05, 4.69) is 0 Å². The van der Waals surface area contributed by atoms with Gasteiger partial charge in [-0.15, -0.1) is 11.6 Å². The number of aryl methyl sites for hydroxylation is 1. The molecule has 0 N–H and O–H groups in total. The minimum Gasteiger partial charge on any atom is -0.207 e. The van der Waals surface area contributed by atoms with E-state index in [9.17, 15) is 4.39 Å². The Morgan fingerprint density at radius 1 is 1.36 bits per heavy atom. The van der Waals surface area contributed by atoms with Crippen LogP contribution in [0, 0.1) is 12.7 Å². The fourth-order valence-corrected chi connectivity index (χ4v) is 2.60. The number of hydrogen-bond donors (Lipinski definition) is 0. The summed E-state index contributed by atoms with van der Waals surface area (Å²) in [4.78, 5) is 0. The predicted molar refractivity (Wildman–Crippen MR) is 57.4 cm³/mol. The summed E-state index contributed by atoms with van der Waals surface area (Å²) in [6.07, 6.45) is 3.15. The summed E-state index contributed by atoms with van der Waals surface area (Å²) in [5, 5.41) is 0.280. The number of rotatable bonds is 1. The second kappa shape index (κ2) is 3.90. The number of hydrogen-bond acceptors (Lipinski definition) is 0.